The van der Waals surface area contributed by atoms with E-state index in [0.717, 1.165) is 19.1 Å². The predicted octanol–water partition coefficient (Wildman–Crippen LogP) is 3.17. The zero-order valence-corrected chi connectivity index (χ0v) is 17.4. The van der Waals surface area contributed by atoms with Gasteiger partial charge in [0.05, 0.1) is 12.6 Å². The van der Waals surface area contributed by atoms with Gasteiger partial charge in [0, 0.05) is 39.0 Å². The summed E-state index contributed by atoms with van der Waals surface area (Å²) < 4.78 is 5.34. The maximum Gasteiger partial charge on any atom is 0.191 e. The Kier molecular flexibility index (Phi) is 10.1. The van der Waals surface area contributed by atoms with Gasteiger partial charge in [0.25, 0.3) is 0 Å². The van der Waals surface area contributed by atoms with Crippen LogP contribution in [0, 0.1) is 0 Å². The second-order valence-corrected chi connectivity index (χ2v) is 5.85. The van der Waals surface area contributed by atoms with Gasteiger partial charge < -0.3 is 20.3 Å². The Morgan fingerprint density at radius 2 is 2.08 bits per heavy atom. The normalized spacial score (nSPS) is 15.8. The minimum Gasteiger partial charge on any atom is -0.380 e. The van der Waals surface area contributed by atoms with Crippen molar-refractivity contribution in [3.8, 4) is 0 Å². The molecule has 1 heterocycles. The lowest BCUT2D eigenvalue weighted by Crippen LogP contribution is -2.40. The van der Waals surface area contributed by atoms with Gasteiger partial charge in [0.1, 0.15) is 0 Å². The van der Waals surface area contributed by atoms with Crippen molar-refractivity contribution in [2.24, 2.45) is 4.99 Å². The molecule has 0 spiro atoms. The third-order valence-electron chi connectivity index (χ3n) is 4.16. The van der Waals surface area contributed by atoms with E-state index in [-0.39, 0.29) is 30.0 Å². The van der Waals surface area contributed by atoms with Gasteiger partial charge in [-0.1, -0.05) is 12.1 Å². The van der Waals surface area contributed by atoms with E-state index in [1.54, 1.807) is 7.05 Å². The Morgan fingerprint density at radius 3 is 2.75 bits per heavy atom. The van der Waals surface area contributed by atoms with Crippen LogP contribution >= 0.6 is 24.0 Å². The molecule has 1 aromatic carbocycles. The Hall–Kier alpha value is -1.02. The van der Waals surface area contributed by atoms with Crippen molar-refractivity contribution < 1.29 is 4.74 Å². The number of hydrogen-bond donors (Lipinski definition) is 2. The first-order valence-electron chi connectivity index (χ1n) is 8.64. The lowest BCUT2D eigenvalue weighted by atomic mass is 10.1. The van der Waals surface area contributed by atoms with Gasteiger partial charge in [-0.25, -0.2) is 0 Å². The van der Waals surface area contributed by atoms with Crippen molar-refractivity contribution in [3.63, 3.8) is 0 Å². The SMILES string of the molecule is CCOCCNC(=NC)NC(C)c1cccc(N2CCCC2)c1.I. The quantitative estimate of drug-likeness (QED) is 0.293. The van der Waals surface area contributed by atoms with Gasteiger partial charge in [-0.2, -0.15) is 0 Å². The van der Waals surface area contributed by atoms with Crippen LogP contribution in [0.25, 0.3) is 0 Å². The number of aliphatic imine (C=N–C) groups is 1. The number of benzene rings is 1. The largest absolute Gasteiger partial charge is 0.380 e. The summed E-state index contributed by atoms with van der Waals surface area (Å²) in [5.41, 5.74) is 2.61. The van der Waals surface area contributed by atoms with Gasteiger partial charge in [-0.15, -0.1) is 24.0 Å². The van der Waals surface area contributed by atoms with E-state index in [1.807, 2.05) is 6.92 Å². The Bertz CT molecular complexity index is 504. The highest BCUT2D eigenvalue weighted by Crippen LogP contribution is 2.23. The van der Waals surface area contributed by atoms with Crippen molar-refractivity contribution in [1.82, 2.24) is 10.6 Å². The molecule has 1 aromatic rings. The van der Waals surface area contributed by atoms with Crippen LogP contribution in [0.5, 0.6) is 0 Å². The van der Waals surface area contributed by atoms with Gasteiger partial charge >= 0.3 is 0 Å². The fourth-order valence-corrected chi connectivity index (χ4v) is 2.84. The maximum atomic E-state index is 5.34. The fraction of sp³-hybridized carbons (Fsp3) is 0.611. The molecule has 1 saturated heterocycles. The van der Waals surface area contributed by atoms with Crippen LogP contribution in [0.4, 0.5) is 5.69 Å². The smallest absolute Gasteiger partial charge is 0.191 e. The van der Waals surface area contributed by atoms with Crippen molar-refractivity contribution in [2.75, 3.05) is 44.8 Å². The summed E-state index contributed by atoms with van der Waals surface area (Å²) in [5, 5.41) is 6.72. The summed E-state index contributed by atoms with van der Waals surface area (Å²) in [6.45, 7) is 8.70. The monoisotopic (exact) mass is 446 g/mol. The van der Waals surface area contributed by atoms with Crippen LogP contribution in [0.2, 0.25) is 0 Å². The number of rotatable bonds is 7. The van der Waals surface area contributed by atoms with E-state index >= 15 is 0 Å². The van der Waals surface area contributed by atoms with Gasteiger partial charge in [0.15, 0.2) is 5.96 Å². The Labute approximate surface area is 163 Å². The molecule has 1 aliphatic rings. The molecule has 0 radical (unpaired) electrons. The first-order chi connectivity index (χ1) is 11.2. The minimum atomic E-state index is 0. The highest BCUT2D eigenvalue weighted by Gasteiger charge is 2.14. The molecule has 2 rings (SSSR count). The summed E-state index contributed by atoms with van der Waals surface area (Å²) in [6.07, 6.45) is 2.60. The van der Waals surface area contributed by atoms with Crippen LogP contribution in [0.3, 0.4) is 0 Å². The first kappa shape index (κ1) is 21.0. The van der Waals surface area contributed by atoms with Crippen molar-refractivity contribution in [2.45, 2.75) is 32.7 Å². The molecule has 6 heteroatoms. The van der Waals surface area contributed by atoms with Crippen LogP contribution in [-0.4, -0.2) is 45.9 Å². The summed E-state index contributed by atoms with van der Waals surface area (Å²) >= 11 is 0. The standard InChI is InChI=1S/C18H30N4O.HI/c1-4-23-13-10-20-18(19-3)21-15(2)16-8-7-9-17(14-16)22-11-5-6-12-22;/h7-9,14-15H,4-6,10-13H2,1-3H3,(H2,19,20,21);1H. The van der Waals surface area contributed by atoms with E-state index < -0.39 is 0 Å². The zero-order valence-electron chi connectivity index (χ0n) is 15.0. The van der Waals surface area contributed by atoms with Crippen LogP contribution in [-0.2, 0) is 4.74 Å². The molecule has 2 N–H and O–H groups in total. The molecule has 0 saturated carbocycles. The highest BCUT2D eigenvalue weighted by molar-refractivity contribution is 14.0. The average molecular weight is 446 g/mol. The number of halogens is 1. The molecule has 1 fully saturated rings. The van der Waals surface area contributed by atoms with E-state index in [2.05, 4.69) is 51.7 Å². The van der Waals surface area contributed by atoms with E-state index in [1.165, 1.54) is 37.2 Å². The van der Waals surface area contributed by atoms with Crippen LogP contribution in [0.15, 0.2) is 29.3 Å². The fourth-order valence-electron chi connectivity index (χ4n) is 2.84. The highest BCUT2D eigenvalue weighted by atomic mass is 127. The van der Waals surface area contributed by atoms with Crippen molar-refractivity contribution >= 4 is 35.6 Å². The zero-order chi connectivity index (χ0) is 16.5. The maximum absolute atomic E-state index is 5.34. The number of guanidine groups is 1. The summed E-state index contributed by atoms with van der Waals surface area (Å²) in [6, 6.07) is 9.01. The topological polar surface area (TPSA) is 48.9 Å². The van der Waals surface area contributed by atoms with Gasteiger partial charge in [0.2, 0.25) is 0 Å². The van der Waals surface area contributed by atoms with Crippen LogP contribution in [0.1, 0.15) is 38.3 Å². The Balaban J connectivity index is 0.00000288. The lowest BCUT2D eigenvalue weighted by Gasteiger charge is -2.22. The van der Waals surface area contributed by atoms with E-state index in [4.69, 9.17) is 4.74 Å². The van der Waals surface area contributed by atoms with Crippen molar-refractivity contribution in [1.29, 1.82) is 0 Å². The summed E-state index contributed by atoms with van der Waals surface area (Å²) in [7, 11) is 1.80. The molecule has 1 aliphatic heterocycles. The molecule has 1 unspecified atom stereocenters. The molecule has 0 aromatic heterocycles. The molecule has 24 heavy (non-hydrogen) atoms. The minimum absolute atomic E-state index is 0. The molecule has 136 valence electrons. The Morgan fingerprint density at radius 1 is 1.33 bits per heavy atom. The lowest BCUT2D eigenvalue weighted by molar-refractivity contribution is 0.152. The summed E-state index contributed by atoms with van der Waals surface area (Å²) in [5.74, 6) is 0.809. The molecular weight excluding hydrogens is 415 g/mol. The second-order valence-electron chi connectivity index (χ2n) is 5.85. The second kappa shape index (κ2) is 11.5. The molecule has 5 nitrogen and oxygen atoms in total. The van der Waals surface area contributed by atoms with Gasteiger partial charge in [-0.05, 0) is 44.4 Å². The molecule has 0 bridgehead atoms. The average Bonchev–Trinajstić information content (AvgIpc) is 3.12. The first-order valence-corrected chi connectivity index (χ1v) is 8.64. The molecule has 1 atom stereocenters. The number of hydrogen-bond acceptors (Lipinski definition) is 3. The summed E-state index contributed by atoms with van der Waals surface area (Å²) in [4.78, 5) is 6.74. The van der Waals surface area contributed by atoms with Crippen molar-refractivity contribution in [3.05, 3.63) is 29.8 Å². The third-order valence-corrected chi connectivity index (χ3v) is 4.16. The number of nitrogens with zero attached hydrogens (tertiary/aromatic N) is 2. The molecule has 0 amide bonds. The van der Waals surface area contributed by atoms with Gasteiger partial charge in [-0.3, -0.25) is 4.99 Å². The third kappa shape index (κ3) is 6.47. The van der Waals surface area contributed by atoms with Crippen LogP contribution < -0.4 is 15.5 Å². The number of ether oxygens (including phenoxy) is 1. The van der Waals surface area contributed by atoms with E-state index in [9.17, 15) is 0 Å². The van der Waals surface area contributed by atoms with E-state index in [0.29, 0.717) is 6.61 Å². The molecule has 0 aliphatic carbocycles. The number of anilines is 1. The number of nitrogens with one attached hydrogen (secondary N) is 2. The predicted molar refractivity (Wildman–Crippen MR) is 113 cm³/mol. The molecular formula is C18H31IN4O.